The monoisotopic (exact) mass is 147 g/mol. The number of hydrogen-bond acceptors (Lipinski definition) is 2. The molecule has 1 saturated carbocycles. The standard InChI is InChI=1S/C9H9NO/c11-5-1-2-8-6(3-5)7-4-9(7)10-8/h1-3,7,9-11H,4H2. The molecule has 1 aliphatic heterocycles. The van der Waals surface area contributed by atoms with Crippen LogP contribution in [0.1, 0.15) is 17.9 Å². The highest BCUT2D eigenvalue weighted by Crippen LogP contribution is 2.52. The van der Waals surface area contributed by atoms with Crippen LogP contribution >= 0.6 is 0 Å². The zero-order chi connectivity index (χ0) is 7.42. The Kier molecular flexibility index (Phi) is 0.757. The number of rotatable bonds is 0. The summed E-state index contributed by atoms with van der Waals surface area (Å²) in [6.45, 7) is 0. The molecule has 3 rings (SSSR count). The summed E-state index contributed by atoms with van der Waals surface area (Å²) in [6.07, 6.45) is 1.25. The lowest BCUT2D eigenvalue weighted by atomic mass is 10.1. The van der Waals surface area contributed by atoms with Gasteiger partial charge in [0.2, 0.25) is 0 Å². The molecule has 0 spiro atoms. The van der Waals surface area contributed by atoms with Gasteiger partial charge in [0.05, 0.1) is 0 Å². The highest BCUT2D eigenvalue weighted by atomic mass is 16.3. The first-order chi connectivity index (χ1) is 5.34. The first kappa shape index (κ1) is 5.47. The van der Waals surface area contributed by atoms with E-state index in [0.29, 0.717) is 17.7 Å². The maximum absolute atomic E-state index is 9.20. The minimum atomic E-state index is 0.387. The number of phenols is 1. The molecule has 2 N–H and O–H groups in total. The van der Waals surface area contributed by atoms with Gasteiger partial charge in [-0.25, -0.2) is 0 Å². The van der Waals surface area contributed by atoms with Crippen LogP contribution in [0.25, 0.3) is 0 Å². The fourth-order valence-corrected chi connectivity index (χ4v) is 1.89. The SMILES string of the molecule is Oc1ccc2c(c1)C1CC1N2. The van der Waals surface area contributed by atoms with E-state index >= 15 is 0 Å². The van der Waals surface area contributed by atoms with Gasteiger partial charge in [-0.15, -0.1) is 0 Å². The Balaban J connectivity index is 2.20. The third kappa shape index (κ3) is 0.615. The van der Waals surface area contributed by atoms with E-state index in [0.717, 1.165) is 0 Å². The highest BCUT2D eigenvalue weighted by Gasteiger charge is 2.45. The molecule has 0 amide bonds. The van der Waals surface area contributed by atoms with Gasteiger partial charge in [-0.05, 0) is 30.2 Å². The van der Waals surface area contributed by atoms with E-state index in [-0.39, 0.29) is 0 Å². The second-order valence-corrected chi connectivity index (χ2v) is 3.36. The number of hydrogen-bond donors (Lipinski definition) is 2. The Bertz CT molecular complexity index is 321. The summed E-state index contributed by atoms with van der Waals surface area (Å²) in [4.78, 5) is 0. The Labute approximate surface area is 64.9 Å². The molecule has 0 bridgehead atoms. The van der Waals surface area contributed by atoms with Crippen molar-refractivity contribution < 1.29 is 5.11 Å². The van der Waals surface area contributed by atoms with Crippen LogP contribution in [-0.2, 0) is 0 Å². The van der Waals surface area contributed by atoms with Crippen molar-refractivity contribution in [2.75, 3.05) is 5.32 Å². The molecule has 0 aromatic heterocycles. The Morgan fingerprint density at radius 3 is 3.27 bits per heavy atom. The van der Waals surface area contributed by atoms with Crippen molar-refractivity contribution in [1.29, 1.82) is 0 Å². The molecule has 0 saturated heterocycles. The molecule has 1 fully saturated rings. The molecule has 2 heteroatoms. The molecule has 11 heavy (non-hydrogen) atoms. The number of aromatic hydroxyl groups is 1. The Hall–Kier alpha value is -1.18. The average molecular weight is 147 g/mol. The zero-order valence-electron chi connectivity index (χ0n) is 6.04. The summed E-state index contributed by atoms with van der Waals surface area (Å²) < 4.78 is 0. The van der Waals surface area contributed by atoms with Crippen molar-refractivity contribution >= 4 is 5.69 Å². The molecule has 2 atom stereocenters. The van der Waals surface area contributed by atoms with Crippen LogP contribution < -0.4 is 5.32 Å². The van der Waals surface area contributed by atoms with Gasteiger partial charge in [0.1, 0.15) is 5.75 Å². The van der Waals surface area contributed by atoms with E-state index < -0.39 is 0 Å². The van der Waals surface area contributed by atoms with Gasteiger partial charge in [0, 0.05) is 17.6 Å². The summed E-state index contributed by atoms with van der Waals surface area (Å²) in [5.41, 5.74) is 2.51. The fraction of sp³-hybridized carbons (Fsp3) is 0.333. The largest absolute Gasteiger partial charge is 0.508 e. The van der Waals surface area contributed by atoms with E-state index in [1.807, 2.05) is 12.1 Å². The quantitative estimate of drug-likeness (QED) is 0.547. The summed E-state index contributed by atoms with van der Waals surface area (Å²) in [7, 11) is 0. The van der Waals surface area contributed by atoms with Gasteiger partial charge in [-0.2, -0.15) is 0 Å². The maximum atomic E-state index is 9.20. The summed E-state index contributed by atoms with van der Waals surface area (Å²) >= 11 is 0. The number of fused-ring (bicyclic) bond motifs is 3. The third-order valence-corrected chi connectivity index (χ3v) is 2.57. The van der Waals surface area contributed by atoms with Gasteiger partial charge in [0.15, 0.2) is 0 Å². The molecule has 1 aliphatic carbocycles. The van der Waals surface area contributed by atoms with Gasteiger partial charge in [-0.3, -0.25) is 0 Å². The first-order valence-corrected chi connectivity index (χ1v) is 3.94. The molecule has 0 radical (unpaired) electrons. The number of benzene rings is 1. The first-order valence-electron chi connectivity index (χ1n) is 3.94. The second-order valence-electron chi connectivity index (χ2n) is 3.36. The molecule has 2 unspecified atom stereocenters. The van der Waals surface area contributed by atoms with Crippen molar-refractivity contribution in [3.05, 3.63) is 23.8 Å². The van der Waals surface area contributed by atoms with Crippen LogP contribution in [0.4, 0.5) is 5.69 Å². The highest BCUT2D eigenvalue weighted by molar-refractivity contribution is 5.65. The van der Waals surface area contributed by atoms with Crippen LogP contribution in [-0.4, -0.2) is 11.1 Å². The van der Waals surface area contributed by atoms with E-state index in [1.165, 1.54) is 17.7 Å². The summed E-state index contributed by atoms with van der Waals surface area (Å²) in [5.74, 6) is 1.08. The fourth-order valence-electron chi connectivity index (χ4n) is 1.89. The van der Waals surface area contributed by atoms with Crippen LogP contribution in [0.3, 0.4) is 0 Å². The van der Waals surface area contributed by atoms with Gasteiger partial charge in [0.25, 0.3) is 0 Å². The number of anilines is 1. The molecule has 56 valence electrons. The van der Waals surface area contributed by atoms with E-state index in [1.54, 1.807) is 6.07 Å². The zero-order valence-corrected chi connectivity index (χ0v) is 6.04. The molecule has 1 aromatic carbocycles. The number of nitrogens with one attached hydrogen (secondary N) is 1. The van der Waals surface area contributed by atoms with Crippen molar-refractivity contribution in [2.24, 2.45) is 0 Å². The predicted octanol–water partition coefficient (Wildman–Crippen LogP) is 1.67. The van der Waals surface area contributed by atoms with Crippen molar-refractivity contribution in [3.63, 3.8) is 0 Å². The van der Waals surface area contributed by atoms with Crippen molar-refractivity contribution in [3.8, 4) is 5.75 Å². The maximum Gasteiger partial charge on any atom is 0.116 e. The topological polar surface area (TPSA) is 32.3 Å². The smallest absolute Gasteiger partial charge is 0.116 e. The lowest BCUT2D eigenvalue weighted by Gasteiger charge is -2.02. The van der Waals surface area contributed by atoms with Crippen LogP contribution in [0.2, 0.25) is 0 Å². The summed E-state index contributed by atoms with van der Waals surface area (Å²) in [6, 6.07) is 6.24. The van der Waals surface area contributed by atoms with E-state index in [2.05, 4.69) is 5.32 Å². The van der Waals surface area contributed by atoms with E-state index in [9.17, 15) is 5.11 Å². The lowest BCUT2D eigenvalue weighted by Crippen LogP contribution is -1.95. The predicted molar refractivity (Wildman–Crippen MR) is 42.9 cm³/mol. The molecular formula is C9H9NO. The van der Waals surface area contributed by atoms with Crippen LogP contribution in [0.15, 0.2) is 18.2 Å². The minimum Gasteiger partial charge on any atom is -0.508 e. The molecular weight excluding hydrogens is 138 g/mol. The average Bonchev–Trinajstić information content (AvgIpc) is 2.67. The molecule has 2 nitrogen and oxygen atoms in total. The minimum absolute atomic E-state index is 0.387. The third-order valence-electron chi connectivity index (χ3n) is 2.57. The molecule has 1 aromatic rings. The van der Waals surface area contributed by atoms with Crippen LogP contribution in [0, 0.1) is 0 Å². The molecule has 1 heterocycles. The normalized spacial score (nSPS) is 30.5. The lowest BCUT2D eigenvalue weighted by molar-refractivity contribution is 0.475. The number of phenolic OH excluding ortho intramolecular Hbond substituents is 1. The second kappa shape index (κ2) is 1.52. The Morgan fingerprint density at radius 1 is 1.45 bits per heavy atom. The van der Waals surface area contributed by atoms with Crippen molar-refractivity contribution in [1.82, 2.24) is 0 Å². The van der Waals surface area contributed by atoms with Gasteiger partial charge >= 0.3 is 0 Å². The van der Waals surface area contributed by atoms with Gasteiger partial charge < -0.3 is 10.4 Å². The summed E-state index contributed by atoms with van der Waals surface area (Å²) in [5, 5.41) is 12.6. The van der Waals surface area contributed by atoms with Gasteiger partial charge in [-0.1, -0.05) is 0 Å². The molecule has 2 aliphatic rings. The van der Waals surface area contributed by atoms with Crippen LogP contribution in [0.5, 0.6) is 5.75 Å². The Morgan fingerprint density at radius 2 is 2.36 bits per heavy atom. The van der Waals surface area contributed by atoms with E-state index in [4.69, 9.17) is 0 Å². The van der Waals surface area contributed by atoms with Crippen molar-refractivity contribution in [2.45, 2.75) is 18.4 Å².